The van der Waals surface area contributed by atoms with Gasteiger partial charge in [-0.1, -0.05) is 19.3 Å². The standard InChI is InChI=1S/C15H22N4/c1-11-8-12-14(17-10-11)19-13(18-12)9-15(16-2)6-4-3-5-7-15/h8,10,16H,3-7,9H2,1-2H3,(H,17,18,19). The van der Waals surface area contributed by atoms with Gasteiger partial charge in [0, 0.05) is 18.2 Å². The number of nitrogens with one attached hydrogen (secondary N) is 2. The molecule has 4 heteroatoms. The number of aromatic nitrogens is 3. The molecule has 1 aliphatic carbocycles. The Morgan fingerprint density at radius 3 is 2.84 bits per heavy atom. The topological polar surface area (TPSA) is 53.6 Å². The first kappa shape index (κ1) is 12.6. The lowest BCUT2D eigenvalue weighted by Crippen LogP contribution is -2.46. The molecule has 2 heterocycles. The molecule has 0 saturated heterocycles. The van der Waals surface area contributed by atoms with E-state index in [2.05, 4.69) is 40.3 Å². The minimum Gasteiger partial charge on any atom is -0.341 e. The van der Waals surface area contributed by atoms with Crippen molar-refractivity contribution < 1.29 is 0 Å². The van der Waals surface area contributed by atoms with E-state index in [4.69, 9.17) is 0 Å². The predicted molar refractivity (Wildman–Crippen MR) is 77.2 cm³/mol. The van der Waals surface area contributed by atoms with Crippen LogP contribution in [0, 0.1) is 6.92 Å². The fourth-order valence-electron chi connectivity index (χ4n) is 3.20. The number of nitrogens with zero attached hydrogens (tertiary/aromatic N) is 2. The van der Waals surface area contributed by atoms with Crippen LogP contribution in [0.4, 0.5) is 0 Å². The van der Waals surface area contributed by atoms with Gasteiger partial charge in [0.05, 0.1) is 5.52 Å². The molecule has 0 bridgehead atoms. The summed E-state index contributed by atoms with van der Waals surface area (Å²) in [4.78, 5) is 12.4. The number of likely N-dealkylation sites (N-methyl/N-ethyl adjacent to an activating group) is 1. The van der Waals surface area contributed by atoms with Gasteiger partial charge in [-0.15, -0.1) is 0 Å². The molecule has 0 amide bonds. The molecular formula is C15H22N4. The van der Waals surface area contributed by atoms with Gasteiger partial charge in [-0.3, -0.25) is 0 Å². The lowest BCUT2D eigenvalue weighted by Gasteiger charge is -2.36. The van der Waals surface area contributed by atoms with Crippen LogP contribution in [-0.4, -0.2) is 27.5 Å². The predicted octanol–water partition coefficient (Wildman–Crippen LogP) is 2.73. The zero-order valence-electron chi connectivity index (χ0n) is 11.8. The van der Waals surface area contributed by atoms with Crippen molar-refractivity contribution >= 4 is 11.2 Å². The average molecular weight is 258 g/mol. The molecule has 102 valence electrons. The number of pyridine rings is 1. The van der Waals surface area contributed by atoms with E-state index in [1.807, 2.05) is 6.20 Å². The Morgan fingerprint density at radius 1 is 1.32 bits per heavy atom. The monoisotopic (exact) mass is 258 g/mol. The number of fused-ring (bicyclic) bond motifs is 1. The third kappa shape index (κ3) is 2.50. The van der Waals surface area contributed by atoms with Crippen molar-refractivity contribution in [2.24, 2.45) is 0 Å². The van der Waals surface area contributed by atoms with Crippen LogP contribution >= 0.6 is 0 Å². The molecule has 3 rings (SSSR count). The summed E-state index contributed by atoms with van der Waals surface area (Å²) in [7, 11) is 2.08. The van der Waals surface area contributed by atoms with E-state index in [-0.39, 0.29) is 5.54 Å². The van der Waals surface area contributed by atoms with Crippen molar-refractivity contribution in [3.8, 4) is 0 Å². The van der Waals surface area contributed by atoms with Crippen molar-refractivity contribution in [3.05, 3.63) is 23.7 Å². The summed E-state index contributed by atoms with van der Waals surface area (Å²) in [5.41, 5.74) is 3.28. The summed E-state index contributed by atoms with van der Waals surface area (Å²) in [5, 5.41) is 3.54. The van der Waals surface area contributed by atoms with Gasteiger partial charge in [0.1, 0.15) is 5.82 Å². The highest BCUT2D eigenvalue weighted by atomic mass is 15.0. The van der Waals surface area contributed by atoms with Crippen LogP contribution in [0.25, 0.3) is 11.2 Å². The van der Waals surface area contributed by atoms with Crippen LogP contribution in [0.15, 0.2) is 12.3 Å². The van der Waals surface area contributed by atoms with E-state index in [0.29, 0.717) is 0 Å². The van der Waals surface area contributed by atoms with Gasteiger partial charge in [0.25, 0.3) is 0 Å². The first-order valence-corrected chi connectivity index (χ1v) is 7.21. The zero-order chi connectivity index (χ0) is 13.3. The molecule has 0 aromatic carbocycles. The van der Waals surface area contributed by atoms with Crippen LogP contribution in [0.1, 0.15) is 43.5 Å². The van der Waals surface area contributed by atoms with Crippen molar-refractivity contribution in [1.82, 2.24) is 20.3 Å². The van der Waals surface area contributed by atoms with Gasteiger partial charge in [0.15, 0.2) is 5.65 Å². The minimum absolute atomic E-state index is 0.223. The Balaban J connectivity index is 1.87. The highest BCUT2D eigenvalue weighted by Crippen LogP contribution is 2.30. The second kappa shape index (κ2) is 4.93. The molecule has 2 N–H and O–H groups in total. The number of hydrogen-bond donors (Lipinski definition) is 2. The van der Waals surface area contributed by atoms with Crippen molar-refractivity contribution in [2.45, 2.75) is 51.0 Å². The molecule has 1 aliphatic rings. The van der Waals surface area contributed by atoms with E-state index >= 15 is 0 Å². The Labute approximate surface area is 114 Å². The number of aryl methyl sites for hydroxylation is 1. The summed E-state index contributed by atoms with van der Waals surface area (Å²) >= 11 is 0. The van der Waals surface area contributed by atoms with Gasteiger partial charge in [0.2, 0.25) is 0 Å². The van der Waals surface area contributed by atoms with Gasteiger partial charge in [-0.2, -0.15) is 0 Å². The molecule has 0 aliphatic heterocycles. The maximum Gasteiger partial charge on any atom is 0.177 e. The summed E-state index contributed by atoms with van der Waals surface area (Å²) in [6.45, 7) is 2.06. The number of H-pyrrole nitrogens is 1. The van der Waals surface area contributed by atoms with Crippen LogP contribution in [0.5, 0.6) is 0 Å². The van der Waals surface area contributed by atoms with Crippen molar-refractivity contribution in [1.29, 1.82) is 0 Å². The smallest absolute Gasteiger partial charge is 0.177 e. The first-order valence-electron chi connectivity index (χ1n) is 7.21. The summed E-state index contributed by atoms with van der Waals surface area (Å²) in [6.07, 6.45) is 9.33. The van der Waals surface area contributed by atoms with Crippen LogP contribution in [-0.2, 0) is 6.42 Å². The quantitative estimate of drug-likeness (QED) is 0.890. The van der Waals surface area contributed by atoms with Gasteiger partial charge in [-0.05, 0) is 38.4 Å². The third-order valence-electron chi connectivity index (χ3n) is 4.37. The normalized spacial score (nSPS) is 18.8. The highest BCUT2D eigenvalue weighted by molar-refractivity contribution is 5.70. The fourth-order valence-corrected chi connectivity index (χ4v) is 3.20. The second-order valence-corrected chi connectivity index (χ2v) is 5.84. The van der Waals surface area contributed by atoms with Crippen LogP contribution in [0.3, 0.4) is 0 Å². The van der Waals surface area contributed by atoms with Gasteiger partial charge in [-0.25, -0.2) is 9.97 Å². The molecule has 4 nitrogen and oxygen atoms in total. The van der Waals surface area contributed by atoms with E-state index in [1.165, 1.54) is 37.7 Å². The molecule has 2 aromatic rings. The lowest BCUT2D eigenvalue weighted by molar-refractivity contribution is 0.241. The molecule has 19 heavy (non-hydrogen) atoms. The number of hydrogen-bond acceptors (Lipinski definition) is 3. The Kier molecular flexibility index (Phi) is 3.27. The maximum absolute atomic E-state index is 4.63. The molecule has 0 radical (unpaired) electrons. The number of rotatable bonds is 3. The zero-order valence-corrected chi connectivity index (χ0v) is 11.8. The highest BCUT2D eigenvalue weighted by Gasteiger charge is 2.31. The van der Waals surface area contributed by atoms with Gasteiger partial charge < -0.3 is 10.3 Å². The van der Waals surface area contributed by atoms with E-state index < -0.39 is 0 Å². The molecule has 1 fully saturated rings. The summed E-state index contributed by atoms with van der Waals surface area (Å²) in [6, 6.07) is 2.12. The van der Waals surface area contributed by atoms with Crippen molar-refractivity contribution in [3.63, 3.8) is 0 Å². The third-order valence-corrected chi connectivity index (χ3v) is 4.37. The maximum atomic E-state index is 4.63. The first-order chi connectivity index (χ1) is 9.21. The van der Waals surface area contributed by atoms with Crippen LogP contribution < -0.4 is 5.32 Å². The van der Waals surface area contributed by atoms with E-state index in [0.717, 1.165) is 23.4 Å². The molecule has 2 aromatic heterocycles. The molecule has 0 unspecified atom stereocenters. The second-order valence-electron chi connectivity index (χ2n) is 5.84. The largest absolute Gasteiger partial charge is 0.341 e. The molecule has 0 atom stereocenters. The Bertz CT molecular complexity index is 567. The SMILES string of the molecule is CNC1(Cc2nc3ncc(C)cc3[nH]2)CCCCC1. The number of imidazole rings is 1. The van der Waals surface area contributed by atoms with E-state index in [9.17, 15) is 0 Å². The van der Waals surface area contributed by atoms with E-state index in [1.54, 1.807) is 0 Å². The molecular weight excluding hydrogens is 236 g/mol. The summed E-state index contributed by atoms with van der Waals surface area (Å²) in [5.74, 6) is 1.06. The Morgan fingerprint density at radius 2 is 2.11 bits per heavy atom. The Hall–Kier alpha value is -1.42. The van der Waals surface area contributed by atoms with Crippen molar-refractivity contribution in [2.75, 3.05) is 7.05 Å². The summed E-state index contributed by atoms with van der Waals surface area (Å²) < 4.78 is 0. The number of aromatic amines is 1. The molecule has 1 saturated carbocycles. The van der Waals surface area contributed by atoms with Gasteiger partial charge >= 0.3 is 0 Å². The van der Waals surface area contributed by atoms with Crippen LogP contribution in [0.2, 0.25) is 0 Å². The fraction of sp³-hybridized carbons (Fsp3) is 0.600. The molecule has 0 spiro atoms. The lowest BCUT2D eigenvalue weighted by atomic mass is 9.79. The minimum atomic E-state index is 0.223. The average Bonchev–Trinajstić information content (AvgIpc) is 2.81.